The van der Waals surface area contributed by atoms with Crippen molar-refractivity contribution in [2.24, 2.45) is 7.05 Å². The Morgan fingerprint density at radius 3 is 2.54 bits per heavy atom. The summed E-state index contributed by atoms with van der Waals surface area (Å²) in [5.41, 5.74) is -0.219. The van der Waals surface area contributed by atoms with Gasteiger partial charge in [-0.1, -0.05) is 12.1 Å². The maximum Gasteiger partial charge on any atom is 0.433 e. The first-order valence-electron chi connectivity index (χ1n) is 9.67. The molecule has 0 unspecified atom stereocenters. The normalized spacial score (nSPS) is 12.0. The zero-order valence-corrected chi connectivity index (χ0v) is 19.8. The molecular formula is C21H18F4N4O4S2. The molecule has 3 rings (SSSR count). The van der Waals surface area contributed by atoms with Crippen LogP contribution in [0.5, 0.6) is 0 Å². The van der Waals surface area contributed by atoms with Crippen LogP contribution in [0.25, 0.3) is 10.6 Å². The third-order valence-electron chi connectivity index (χ3n) is 4.45. The number of hydrogen-bond acceptors (Lipinski definition) is 7. The Bertz CT molecular complexity index is 1240. The van der Waals surface area contributed by atoms with Crippen LogP contribution in [-0.4, -0.2) is 38.9 Å². The standard InChI is InChI=1S/C21H18F4N4O4S2/c1-28-17(21(23,24)25)9-14(26-28)16-7-8-19(34-16)35-27-20(32)15(30)10-18(31)29(33-2)11-12-3-5-13(22)6-4-12/h3-10,30H,11H2,1-2H3,(H,27,32)/b15-10-. The Kier molecular flexibility index (Phi) is 8.19. The molecule has 8 nitrogen and oxygen atoms in total. The van der Waals surface area contributed by atoms with Gasteiger partial charge in [-0.3, -0.25) is 23.8 Å². The average molecular weight is 531 g/mol. The molecule has 0 radical (unpaired) electrons. The minimum Gasteiger partial charge on any atom is -0.503 e. The summed E-state index contributed by atoms with van der Waals surface area (Å²) in [5.74, 6) is -3.14. The van der Waals surface area contributed by atoms with Gasteiger partial charge in [0.2, 0.25) is 0 Å². The first-order valence-corrected chi connectivity index (χ1v) is 11.3. The highest BCUT2D eigenvalue weighted by Crippen LogP contribution is 2.36. The van der Waals surface area contributed by atoms with Gasteiger partial charge in [-0.05, 0) is 47.8 Å². The molecule has 186 valence electrons. The predicted octanol–water partition coefficient (Wildman–Crippen LogP) is 4.46. The number of nitrogens with zero attached hydrogens (tertiary/aromatic N) is 3. The second kappa shape index (κ2) is 10.9. The number of nitrogens with one attached hydrogen (secondary N) is 1. The van der Waals surface area contributed by atoms with Crippen LogP contribution in [0, 0.1) is 5.82 Å². The predicted molar refractivity (Wildman–Crippen MR) is 120 cm³/mol. The van der Waals surface area contributed by atoms with Crippen molar-refractivity contribution < 1.29 is 37.1 Å². The zero-order valence-electron chi connectivity index (χ0n) is 18.2. The first kappa shape index (κ1) is 26.2. The second-order valence-electron chi connectivity index (χ2n) is 6.90. The molecule has 35 heavy (non-hydrogen) atoms. The average Bonchev–Trinajstić information content (AvgIpc) is 3.43. The highest BCUT2D eigenvalue weighted by Gasteiger charge is 2.35. The van der Waals surface area contributed by atoms with Crippen molar-refractivity contribution in [3.05, 3.63) is 71.4 Å². The van der Waals surface area contributed by atoms with Crippen LogP contribution in [0.1, 0.15) is 11.3 Å². The molecular weight excluding hydrogens is 512 g/mol. The minimum atomic E-state index is -4.54. The van der Waals surface area contributed by atoms with Crippen LogP contribution in [0.2, 0.25) is 0 Å². The molecule has 0 aliphatic heterocycles. The highest BCUT2D eigenvalue weighted by atomic mass is 32.2. The molecule has 3 aromatic rings. The fourth-order valence-electron chi connectivity index (χ4n) is 2.76. The number of thiophene rings is 1. The van der Waals surface area contributed by atoms with Gasteiger partial charge in [0.25, 0.3) is 11.8 Å². The maximum atomic E-state index is 13.0. The smallest absolute Gasteiger partial charge is 0.433 e. The van der Waals surface area contributed by atoms with Crippen LogP contribution in [0.3, 0.4) is 0 Å². The summed E-state index contributed by atoms with van der Waals surface area (Å²) >= 11 is 1.88. The van der Waals surface area contributed by atoms with Gasteiger partial charge in [0.1, 0.15) is 17.2 Å². The molecule has 0 saturated carbocycles. The van der Waals surface area contributed by atoms with Crippen LogP contribution in [0.15, 0.2) is 58.5 Å². The lowest BCUT2D eigenvalue weighted by atomic mass is 10.2. The van der Waals surface area contributed by atoms with Gasteiger partial charge < -0.3 is 5.11 Å². The number of carbonyl (C=O) groups is 2. The number of benzene rings is 1. The third kappa shape index (κ3) is 6.83. The van der Waals surface area contributed by atoms with E-state index in [2.05, 4.69) is 9.82 Å². The number of aliphatic hydroxyl groups is 1. The summed E-state index contributed by atoms with van der Waals surface area (Å²) in [7, 11) is 2.41. The quantitative estimate of drug-likeness (QED) is 0.147. The number of amides is 2. The van der Waals surface area contributed by atoms with Gasteiger partial charge in [-0.2, -0.15) is 18.3 Å². The van der Waals surface area contributed by atoms with Crippen molar-refractivity contribution in [1.29, 1.82) is 0 Å². The largest absolute Gasteiger partial charge is 0.503 e. The van der Waals surface area contributed by atoms with Crippen molar-refractivity contribution in [1.82, 2.24) is 19.6 Å². The summed E-state index contributed by atoms with van der Waals surface area (Å²) in [6, 6.07) is 9.36. The fraction of sp³-hybridized carbons (Fsp3) is 0.190. The number of rotatable bonds is 8. The van der Waals surface area contributed by atoms with E-state index in [-0.39, 0.29) is 12.2 Å². The summed E-state index contributed by atoms with van der Waals surface area (Å²) < 4.78 is 55.5. The van der Waals surface area contributed by atoms with E-state index in [1.807, 2.05) is 0 Å². The number of alkyl halides is 3. The molecule has 14 heteroatoms. The monoisotopic (exact) mass is 530 g/mol. The molecule has 0 aliphatic carbocycles. The van der Waals surface area contributed by atoms with E-state index in [0.29, 0.717) is 20.7 Å². The Balaban J connectivity index is 1.59. The van der Waals surface area contributed by atoms with E-state index in [1.54, 1.807) is 12.1 Å². The Labute approximate surface area is 204 Å². The van der Waals surface area contributed by atoms with Crippen molar-refractivity contribution in [3.8, 4) is 10.6 Å². The van der Waals surface area contributed by atoms with Crippen molar-refractivity contribution >= 4 is 35.1 Å². The van der Waals surface area contributed by atoms with Crippen molar-refractivity contribution in [2.45, 2.75) is 16.9 Å². The summed E-state index contributed by atoms with van der Waals surface area (Å²) in [6.45, 7) is -0.0582. The van der Waals surface area contributed by atoms with Crippen LogP contribution >= 0.6 is 23.3 Å². The second-order valence-corrected chi connectivity index (χ2v) is 9.09. The summed E-state index contributed by atoms with van der Waals surface area (Å²) in [6.07, 6.45) is -3.88. The zero-order chi connectivity index (χ0) is 25.8. The molecule has 1 aromatic carbocycles. The summed E-state index contributed by atoms with van der Waals surface area (Å²) in [5, 5.41) is 14.7. The lowest BCUT2D eigenvalue weighted by molar-refractivity contribution is -0.173. The molecule has 2 aromatic heterocycles. The van der Waals surface area contributed by atoms with E-state index in [0.717, 1.165) is 39.1 Å². The minimum absolute atomic E-state index is 0.0582. The molecule has 0 fully saturated rings. The summed E-state index contributed by atoms with van der Waals surface area (Å²) in [4.78, 5) is 29.9. The number of carbonyl (C=O) groups excluding carboxylic acids is 2. The fourth-order valence-corrected chi connectivity index (χ4v) is 4.45. The lowest BCUT2D eigenvalue weighted by Gasteiger charge is -2.18. The number of hydrogen-bond donors (Lipinski definition) is 2. The van der Waals surface area contributed by atoms with E-state index in [1.165, 1.54) is 38.4 Å². The van der Waals surface area contributed by atoms with E-state index >= 15 is 0 Å². The Morgan fingerprint density at radius 2 is 1.94 bits per heavy atom. The number of aromatic nitrogens is 2. The number of halogens is 4. The van der Waals surface area contributed by atoms with Crippen molar-refractivity contribution in [3.63, 3.8) is 0 Å². The van der Waals surface area contributed by atoms with Gasteiger partial charge in [0.15, 0.2) is 5.76 Å². The van der Waals surface area contributed by atoms with E-state index in [4.69, 9.17) is 4.84 Å². The number of hydroxylamine groups is 2. The number of aliphatic hydroxyl groups excluding tert-OH is 1. The van der Waals surface area contributed by atoms with Gasteiger partial charge in [-0.25, -0.2) is 9.45 Å². The first-order chi connectivity index (χ1) is 16.5. The van der Waals surface area contributed by atoms with Gasteiger partial charge in [-0.15, -0.1) is 11.3 Å². The molecule has 0 bridgehead atoms. The van der Waals surface area contributed by atoms with Gasteiger partial charge in [0, 0.05) is 7.05 Å². The molecule has 2 amide bonds. The SMILES string of the molecule is CON(Cc1ccc(F)cc1)C(=O)/C=C(\O)C(=O)NSc1ccc(-c2cc(C(F)(F)F)n(C)n2)s1. The van der Waals surface area contributed by atoms with Gasteiger partial charge >= 0.3 is 6.18 Å². The van der Waals surface area contributed by atoms with Gasteiger partial charge in [0.05, 0.1) is 28.8 Å². The molecule has 0 aliphatic rings. The molecule has 0 saturated heterocycles. The molecule has 0 atom stereocenters. The van der Waals surface area contributed by atoms with E-state index in [9.17, 15) is 32.3 Å². The molecule has 0 spiro atoms. The Morgan fingerprint density at radius 1 is 1.26 bits per heavy atom. The highest BCUT2D eigenvalue weighted by molar-refractivity contribution is 7.99. The third-order valence-corrected chi connectivity index (χ3v) is 6.47. The topological polar surface area (TPSA) is 96.7 Å². The Hall–Kier alpha value is -3.36. The lowest BCUT2D eigenvalue weighted by Crippen LogP contribution is -2.29. The molecule has 2 N–H and O–H groups in total. The number of aryl methyl sites for hydroxylation is 1. The van der Waals surface area contributed by atoms with E-state index < -0.39 is 35.3 Å². The van der Waals surface area contributed by atoms with Crippen LogP contribution in [0.4, 0.5) is 17.6 Å². The van der Waals surface area contributed by atoms with Crippen LogP contribution < -0.4 is 4.72 Å². The van der Waals surface area contributed by atoms with Crippen LogP contribution in [-0.2, 0) is 34.2 Å². The molecule has 2 heterocycles. The maximum absolute atomic E-state index is 13.0. The van der Waals surface area contributed by atoms with Crippen molar-refractivity contribution in [2.75, 3.05) is 7.11 Å².